The Morgan fingerprint density at radius 3 is 2.43 bits per heavy atom. The van der Waals surface area contributed by atoms with Gasteiger partial charge in [0.2, 0.25) is 5.91 Å². The molecule has 21 heavy (non-hydrogen) atoms. The molecule has 5 nitrogen and oxygen atoms in total. The summed E-state index contributed by atoms with van der Waals surface area (Å²) in [5.74, 6) is 0.0290. The Kier molecular flexibility index (Phi) is 6.49. The molecule has 1 unspecified atom stereocenters. The third-order valence-electron chi connectivity index (χ3n) is 3.40. The number of nitrogens with one attached hydrogen (secondary N) is 1. The molecule has 0 heterocycles. The lowest BCUT2D eigenvalue weighted by atomic mass is 10.0. The van der Waals surface area contributed by atoms with Gasteiger partial charge in [0.15, 0.2) is 11.5 Å². The Balaban J connectivity index is 2.48. The van der Waals surface area contributed by atoms with Crippen molar-refractivity contribution in [2.75, 3.05) is 0 Å². The minimum Gasteiger partial charge on any atom is -0.504 e. The molecule has 1 amide bonds. The lowest BCUT2D eigenvalue weighted by molar-refractivity contribution is -0.123. The predicted octanol–water partition coefficient (Wildman–Crippen LogP) is 1.91. The van der Waals surface area contributed by atoms with Gasteiger partial charge in [-0.25, -0.2) is 0 Å². The van der Waals surface area contributed by atoms with Gasteiger partial charge in [-0.3, -0.25) is 4.79 Å². The summed E-state index contributed by atoms with van der Waals surface area (Å²) in [5, 5.41) is 21.6. The van der Waals surface area contributed by atoms with E-state index in [2.05, 4.69) is 19.2 Å². The number of phenolic OH excluding ortho intramolecular Hbond substituents is 2. The number of rotatable bonds is 7. The van der Waals surface area contributed by atoms with E-state index in [1.165, 1.54) is 12.1 Å². The van der Waals surface area contributed by atoms with Gasteiger partial charge in [0.25, 0.3) is 0 Å². The summed E-state index contributed by atoms with van der Waals surface area (Å²) in [6, 6.07) is 3.88. The fraction of sp³-hybridized carbons (Fsp3) is 0.562. The van der Waals surface area contributed by atoms with Crippen molar-refractivity contribution in [3.8, 4) is 11.5 Å². The zero-order valence-electron chi connectivity index (χ0n) is 13.0. The third-order valence-corrected chi connectivity index (χ3v) is 3.40. The van der Waals surface area contributed by atoms with Crippen LogP contribution in [0.3, 0.4) is 0 Å². The topological polar surface area (TPSA) is 95.6 Å². The van der Waals surface area contributed by atoms with E-state index in [1.54, 1.807) is 6.07 Å². The summed E-state index contributed by atoms with van der Waals surface area (Å²) in [4.78, 5) is 12.0. The molecule has 0 aliphatic carbocycles. The van der Waals surface area contributed by atoms with Gasteiger partial charge in [0, 0.05) is 6.04 Å². The van der Waals surface area contributed by atoms with Crippen LogP contribution in [0.4, 0.5) is 0 Å². The van der Waals surface area contributed by atoms with Gasteiger partial charge in [-0.1, -0.05) is 19.9 Å². The number of nitrogens with two attached hydrogens (primary N) is 1. The SMILES string of the molecule is CC(C)CCC(C)NC(=O)[C@@H](N)Cc1ccc(O)c(O)c1. The van der Waals surface area contributed by atoms with Crippen molar-refractivity contribution in [1.82, 2.24) is 5.32 Å². The minimum atomic E-state index is -0.671. The first kappa shape index (κ1) is 17.3. The highest BCUT2D eigenvalue weighted by molar-refractivity contribution is 5.82. The fourth-order valence-electron chi connectivity index (χ4n) is 2.05. The average Bonchev–Trinajstić information content (AvgIpc) is 2.40. The average molecular weight is 294 g/mol. The van der Waals surface area contributed by atoms with Crippen LogP contribution in [0.2, 0.25) is 0 Å². The molecule has 0 spiro atoms. The highest BCUT2D eigenvalue weighted by Gasteiger charge is 2.17. The molecule has 0 radical (unpaired) electrons. The van der Waals surface area contributed by atoms with Crippen LogP contribution in [0.1, 0.15) is 39.2 Å². The Hall–Kier alpha value is -1.75. The molecule has 0 aliphatic rings. The van der Waals surface area contributed by atoms with E-state index in [0.29, 0.717) is 17.9 Å². The maximum absolute atomic E-state index is 12.0. The van der Waals surface area contributed by atoms with Gasteiger partial charge in [-0.2, -0.15) is 0 Å². The van der Waals surface area contributed by atoms with Crippen LogP contribution < -0.4 is 11.1 Å². The largest absolute Gasteiger partial charge is 0.504 e. The van der Waals surface area contributed by atoms with Crippen molar-refractivity contribution in [2.24, 2.45) is 11.7 Å². The zero-order chi connectivity index (χ0) is 16.0. The number of hydrogen-bond acceptors (Lipinski definition) is 4. The summed E-state index contributed by atoms with van der Waals surface area (Å²) in [7, 11) is 0. The molecule has 0 fully saturated rings. The lowest BCUT2D eigenvalue weighted by Gasteiger charge is -2.18. The van der Waals surface area contributed by atoms with Crippen molar-refractivity contribution in [1.29, 1.82) is 0 Å². The Labute approximate surface area is 126 Å². The van der Waals surface area contributed by atoms with Gasteiger partial charge in [-0.05, 0) is 49.8 Å². The Bertz CT molecular complexity index is 475. The zero-order valence-corrected chi connectivity index (χ0v) is 13.0. The molecule has 0 bridgehead atoms. The molecule has 5 heteroatoms. The Morgan fingerprint density at radius 2 is 1.86 bits per heavy atom. The van der Waals surface area contributed by atoms with E-state index in [4.69, 9.17) is 5.73 Å². The van der Waals surface area contributed by atoms with Crippen LogP contribution in [0.15, 0.2) is 18.2 Å². The smallest absolute Gasteiger partial charge is 0.237 e. The van der Waals surface area contributed by atoms with Crippen LogP contribution in [-0.2, 0) is 11.2 Å². The third kappa shape index (κ3) is 6.04. The number of carbonyl (C=O) groups excluding carboxylic acids is 1. The summed E-state index contributed by atoms with van der Waals surface area (Å²) in [5.41, 5.74) is 6.60. The van der Waals surface area contributed by atoms with E-state index in [-0.39, 0.29) is 23.4 Å². The molecular formula is C16H26N2O3. The van der Waals surface area contributed by atoms with Gasteiger partial charge in [0.05, 0.1) is 6.04 Å². The standard InChI is InChI=1S/C16H26N2O3/c1-10(2)4-5-11(3)18-16(21)13(17)8-12-6-7-14(19)15(20)9-12/h6-7,9-11,13,19-20H,4-5,8,17H2,1-3H3,(H,18,21)/t11?,13-/m0/s1. The van der Waals surface area contributed by atoms with Crippen molar-refractivity contribution < 1.29 is 15.0 Å². The number of carbonyl (C=O) groups is 1. The van der Waals surface area contributed by atoms with E-state index in [1.807, 2.05) is 6.92 Å². The summed E-state index contributed by atoms with van der Waals surface area (Å²) in [6.07, 6.45) is 2.30. The molecule has 0 saturated carbocycles. The second-order valence-corrected chi connectivity index (χ2v) is 6.01. The second-order valence-electron chi connectivity index (χ2n) is 6.01. The number of benzene rings is 1. The molecule has 1 aromatic rings. The maximum Gasteiger partial charge on any atom is 0.237 e. The molecule has 118 valence electrons. The Morgan fingerprint density at radius 1 is 1.19 bits per heavy atom. The van der Waals surface area contributed by atoms with Gasteiger partial charge in [-0.15, -0.1) is 0 Å². The molecule has 0 aromatic heterocycles. The first-order valence-corrected chi connectivity index (χ1v) is 7.36. The second kappa shape index (κ2) is 7.88. The molecule has 1 rings (SSSR count). The summed E-state index contributed by atoms with van der Waals surface area (Å²) < 4.78 is 0. The van der Waals surface area contributed by atoms with Gasteiger partial charge < -0.3 is 21.3 Å². The van der Waals surface area contributed by atoms with Crippen molar-refractivity contribution in [3.05, 3.63) is 23.8 Å². The minimum absolute atomic E-state index is 0.0965. The van der Waals surface area contributed by atoms with Gasteiger partial charge in [0.1, 0.15) is 0 Å². The first-order valence-electron chi connectivity index (χ1n) is 7.36. The number of amides is 1. The normalized spacial score (nSPS) is 14.0. The maximum atomic E-state index is 12.0. The summed E-state index contributed by atoms with van der Waals surface area (Å²) in [6.45, 7) is 6.27. The molecule has 0 saturated heterocycles. The number of aromatic hydroxyl groups is 2. The molecule has 0 aliphatic heterocycles. The van der Waals surface area contributed by atoms with Crippen LogP contribution in [0.5, 0.6) is 11.5 Å². The van der Waals surface area contributed by atoms with E-state index < -0.39 is 6.04 Å². The van der Waals surface area contributed by atoms with Crippen LogP contribution in [-0.4, -0.2) is 28.2 Å². The highest BCUT2D eigenvalue weighted by Crippen LogP contribution is 2.25. The molecule has 5 N–H and O–H groups in total. The highest BCUT2D eigenvalue weighted by atomic mass is 16.3. The quantitative estimate of drug-likeness (QED) is 0.578. The molecular weight excluding hydrogens is 268 g/mol. The lowest BCUT2D eigenvalue weighted by Crippen LogP contribution is -2.45. The first-order chi connectivity index (χ1) is 9.79. The van der Waals surface area contributed by atoms with E-state index in [0.717, 1.165) is 12.8 Å². The van der Waals surface area contributed by atoms with Crippen molar-refractivity contribution in [3.63, 3.8) is 0 Å². The van der Waals surface area contributed by atoms with Crippen LogP contribution >= 0.6 is 0 Å². The van der Waals surface area contributed by atoms with Crippen molar-refractivity contribution >= 4 is 5.91 Å². The number of hydrogen-bond donors (Lipinski definition) is 4. The van der Waals surface area contributed by atoms with Crippen molar-refractivity contribution in [2.45, 2.75) is 52.1 Å². The monoisotopic (exact) mass is 294 g/mol. The van der Waals surface area contributed by atoms with Crippen LogP contribution in [0, 0.1) is 5.92 Å². The van der Waals surface area contributed by atoms with Crippen LogP contribution in [0.25, 0.3) is 0 Å². The molecule has 2 atom stereocenters. The summed E-state index contributed by atoms with van der Waals surface area (Å²) >= 11 is 0. The van der Waals surface area contributed by atoms with Gasteiger partial charge >= 0.3 is 0 Å². The van der Waals surface area contributed by atoms with E-state index >= 15 is 0 Å². The van der Waals surface area contributed by atoms with E-state index in [9.17, 15) is 15.0 Å². The fourth-order valence-corrected chi connectivity index (χ4v) is 2.05. The molecule has 1 aromatic carbocycles. The predicted molar refractivity (Wildman–Crippen MR) is 83.1 cm³/mol. The number of phenols is 2.